The lowest BCUT2D eigenvalue weighted by atomic mass is 10.2. The van der Waals surface area contributed by atoms with Crippen LogP contribution >= 0.6 is 0 Å². The molecule has 0 radical (unpaired) electrons. The van der Waals surface area contributed by atoms with Crippen LogP contribution in [0.3, 0.4) is 0 Å². The Hall–Kier alpha value is -1.31. The fourth-order valence-electron chi connectivity index (χ4n) is 1.61. The van der Waals surface area contributed by atoms with Crippen molar-refractivity contribution < 1.29 is 0 Å². The number of aryl methyl sites for hydroxylation is 1. The number of hydrogen-bond donors (Lipinski definition) is 0. The summed E-state index contributed by atoms with van der Waals surface area (Å²) in [5.41, 5.74) is 2.49. The van der Waals surface area contributed by atoms with Gasteiger partial charge in [-0.2, -0.15) is 0 Å². The van der Waals surface area contributed by atoms with Crippen LogP contribution in [0.2, 0.25) is 0 Å². The fourth-order valence-corrected chi connectivity index (χ4v) is 1.61. The Balaban J connectivity index is 2.75. The van der Waals surface area contributed by atoms with Gasteiger partial charge in [-0.3, -0.25) is 0 Å². The summed E-state index contributed by atoms with van der Waals surface area (Å²) >= 11 is 0. The van der Waals surface area contributed by atoms with Gasteiger partial charge in [0.1, 0.15) is 5.82 Å². The van der Waals surface area contributed by atoms with Gasteiger partial charge < -0.3 is 4.40 Å². The average molecular weight is 174 g/mol. The van der Waals surface area contributed by atoms with Gasteiger partial charge in [0.05, 0.1) is 11.7 Å². The molecule has 0 fully saturated rings. The summed E-state index contributed by atoms with van der Waals surface area (Å²) in [7, 11) is 0. The molecule has 0 saturated carbocycles. The third-order valence-electron chi connectivity index (χ3n) is 2.33. The number of rotatable bonds is 1. The maximum atomic E-state index is 4.42. The van der Waals surface area contributed by atoms with Crippen molar-refractivity contribution in [2.75, 3.05) is 0 Å². The Bertz CT molecular complexity index is 427. The van der Waals surface area contributed by atoms with Gasteiger partial charge in [-0.15, -0.1) is 0 Å². The molecule has 0 atom stereocenters. The molecule has 2 aromatic heterocycles. The van der Waals surface area contributed by atoms with Crippen molar-refractivity contribution in [3.63, 3.8) is 0 Å². The normalized spacial score (nSPS) is 11.4. The van der Waals surface area contributed by atoms with E-state index in [-0.39, 0.29) is 0 Å². The minimum atomic E-state index is 0.476. The molecule has 0 aliphatic rings. The summed E-state index contributed by atoms with van der Waals surface area (Å²) in [6, 6.07) is 4.18. The van der Waals surface area contributed by atoms with E-state index in [2.05, 4.69) is 48.5 Å². The highest BCUT2D eigenvalue weighted by Crippen LogP contribution is 2.17. The van der Waals surface area contributed by atoms with E-state index in [0.29, 0.717) is 5.92 Å². The summed E-state index contributed by atoms with van der Waals surface area (Å²) in [6.45, 7) is 6.44. The van der Waals surface area contributed by atoms with Crippen molar-refractivity contribution in [2.45, 2.75) is 26.7 Å². The van der Waals surface area contributed by atoms with Gasteiger partial charge >= 0.3 is 0 Å². The monoisotopic (exact) mass is 174 g/mol. The number of hydrogen-bond acceptors (Lipinski definition) is 1. The average Bonchev–Trinajstić information content (AvgIpc) is 2.48. The third kappa shape index (κ3) is 1.22. The molecule has 2 heterocycles. The smallest absolute Gasteiger partial charge is 0.115 e. The van der Waals surface area contributed by atoms with Crippen LogP contribution in [0.15, 0.2) is 24.5 Å². The molecule has 68 valence electrons. The topological polar surface area (TPSA) is 17.3 Å². The SMILES string of the molecule is Cc1cccn2c(C(C)C)ncc12. The predicted octanol–water partition coefficient (Wildman–Crippen LogP) is 2.77. The molecule has 0 saturated heterocycles. The Morgan fingerprint density at radius 1 is 1.38 bits per heavy atom. The van der Waals surface area contributed by atoms with E-state index in [9.17, 15) is 0 Å². The lowest BCUT2D eigenvalue weighted by molar-refractivity contribution is 0.770. The highest BCUT2D eigenvalue weighted by molar-refractivity contribution is 5.53. The van der Waals surface area contributed by atoms with Crippen LogP contribution < -0.4 is 0 Å². The standard InChI is InChI=1S/C11H14N2/c1-8(2)11-12-7-10-9(3)5-4-6-13(10)11/h4-8H,1-3H3. The second kappa shape index (κ2) is 2.87. The van der Waals surface area contributed by atoms with E-state index < -0.39 is 0 Å². The van der Waals surface area contributed by atoms with Gasteiger partial charge in [0.25, 0.3) is 0 Å². The fraction of sp³-hybridized carbons (Fsp3) is 0.364. The number of fused-ring (bicyclic) bond motifs is 1. The second-order valence-electron chi connectivity index (χ2n) is 3.72. The van der Waals surface area contributed by atoms with Gasteiger partial charge in [0.15, 0.2) is 0 Å². The van der Waals surface area contributed by atoms with Crippen LogP contribution in [-0.4, -0.2) is 9.38 Å². The van der Waals surface area contributed by atoms with Crippen LogP contribution in [0.4, 0.5) is 0 Å². The Morgan fingerprint density at radius 2 is 2.15 bits per heavy atom. The number of pyridine rings is 1. The molecule has 0 aromatic carbocycles. The molecule has 2 heteroatoms. The molecular formula is C11H14N2. The molecule has 0 spiro atoms. The first-order valence-corrected chi connectivity index (χ1v) is 4.62. The molecule has 0 bridgehead atoms. The van der Waals surface area contributed by atoms with Crippen LogP contribution in [0, 0.1) is 6.92 Å². The minimum Gasteiger partial charge on any atom is -0.303 e. The Morgan fingerprint density at radius 3 is 2.85 bits per heavy atom. The van der Waals surface area contributed by atoms with Crippen LogP contribution in [-0.2, 0) is 0 Å². The van der Waals surface area contributed by atoms with Gasteiger partial charge in [-0.05, 0) is 18.6 Å². The van der Waals surface area contributed by atoms with E-state index in [1.54, 1.807) is 0 Å². The Labute approximate surface area is 78.2 Å². The molecule has 13 heavy (non-hydrogen) atoms. The van der Waals surface area contributed by atoms with E-state index in [0.717, 1.165) is 5.82 Å². The zero-order valence-corrected chi connectivity index (χ0v) is 8.28. The summed E-state index contributed by atoms with van der Waals surface area (Å²) in [5.74, 6) is 1.61. The first kappa shape index (κ1) is 8.30. The van der Waals surface area contributed by atoms with Crippen molar-refractivity contribution in [2.24, 2.45) is 0 Å². The van der Waals surface area contributed by atoms with E-state index in [4.69, 9.17) is 0 Å². The molecule has 0 aliphatic carbocycles. The molecule has 2 aromatic rings. The van der Waals surface area contributed by atoms with Crippen molar-refractivity contribution in [3.05, 3.63) is 35.9 Å². The first-order valence-electron chi connectivity index (χ1n) is 4.62. The van der Waals surface area contributed by atoms with Crippen LogP contribution in [0.5, 0.6) is 0 Å². The largest absolute Gasteiger partial charge is 0.303 e. The summed E-state index contributed by atoms with van der Waals surface area (Å²) in [4.78, 5) is 4.42. The first-order chi connectivity index (χ1) is 6.20. The molecule has 2 rings (SSSR count). The molecular weight excluding hydrogens is 160 g/mol. The summed E-state index contributed by atoms with van der Waals surface area (Å²) in [6.07, 6.45) is 4.02. The lowest BCUT2D eigenvalue weighted by Gasteiger charge is -2.04. The van der Waals surface area contributed by atoms with E-state index in [1.165, 1.54) is 11.1 Å². The maximum Gasteiger partial charge on any atom is 0.115 e. The zero-order chi connectivity index (χ0) is 9.42. The highest BCUT2D eigenvalue weighted by Gasteiger charge is 2.07. The minimum absolute atomic E-state index is 0.476. The van der Waals surface area contributed by atoms with Gasteiger partial charge in [0.2, 0.25) is 0 Å². The van der Waals surface area contributed by atoms with Gasteiger partial charge in [-0.1, -0.05) is 19.9 Å². The van der Waals surface area contributed by atoms with Crippen molar-refractivity contribution >= 4 is 5.52 Å². The summed E-state index contributed by atoms with van der Waals surface area (Å²) in [5, 5.41) is 0. The molecule has 2 nitrogen and oxygen atoms in total. The third-order valence-corrected chi connectivity index (χ3v) is 2.33. The highest BCUT2D eigenvalue weighted by atomic mass is 15.0. The van der Waals surface area contributed by atoms with Crippen molar-refractivity contribution in [1.29, 1.82) is 0 Å². The quantitative estimate of drug-likeness (QED) is 0.649. The van der Waals surface area contributed by atoms with Gasteiger partial charge in [-0.25, -0.2) is 4.98 Å². The van der Waals surface area contributed by atoms with Crippen molar-refractivity contribution in [1.82, 2.24) is 9.38 Å². The lowest BCUT2D eigenvalue weighted by Crippen LogP contribution is -1.96. The summed E-state index contributed by atoms with van der Waals surface area (Å²) < 4.78 is 2.17. The second-order valence-corrected chi connectivity index (χ2v) is 3.72. The molecule has 0 aliphatic heterocycles. The van der Waals surface area contributed by atoms with E-state index in [1.807, 2.05) is 6.20 Å². The van der Waals surface area contributed by atoms with Crippen LogP contribution in [0.25, 0.3) is 5.52 Å². The Kier molecular flexibility index (Phi) is 1.83. The van der Waals surface area contributed by atoms with Crippen LogP contribution in [0.1, 0.15) is 31.2 Å². The molecule has 0 N–H and O–H groups in total. The van der Waals surface area contributed by atoms with Gasteiger partial charge in [0, 0.05) is 12.1 Å². The van der Waals surface area contributed by atoms with Crippen molar-refractivity contribution in [3.8, 4) is 0 Å². The molecule has 0 amide bonds. The zero-order valence-electron chi connectivity index (χ0n) is 8.28. The predicted molar refractivity (Wildman–Crippen MR) is 54.0 cm³/mol. The number of nitrogens with zero attached hydrogens (tertiary/aromatic N) is 2. The van der Waals surface area contributed by atoms with E-state index >= 15 is 0 Å². The number of imidazole rings is 1. The molecule has 0 unspecified atom stereocenters. The number of aromatic nitrogens is 2. The maximum absolute atomic E-state index is 4.42.